The van der Waals surface area contributed by atoms with Crippen LogP contribution in [0.2, 0.25) is 0 Å². The molecule has 0 atom stereocenters. The summed E-state index contributed by atoms with van der Waals surface area (Å²) in [6.07, 6.45) is 1.11. The molecule has 4 rings (SSSR count). The molecule has 3 aromatic rings. The summed E-state index contributed by atoms with van der Waals surface area (Å²) in [5.41, 5.74) is 1.08. The van der Waals surface area contributed by atoms with Crippen molar-refractivity contribution in [1.29, 1.82) is 0 Å². The van der Waals surface area contributed by atoms with Crippen molar-refractivity contribution in [3.63, 3.8) is 0 Å². The molecule has 1 aliphatic heterocycles. The van der Waals surface area contributed by atoms with Gasteiger partial charge in [0, 0.05) is 6.26 Å². The van der Waals surface area contributed by atoms with Gasteiger partial charge in [0.05, 0.1) is 26.2 Å². The minimum atomic E-state index is -3.35. The molecule has 2 heterocycles. The maximum atomic E-state index is 12.3. The minimum absolute atomic E-state index is 0.160. The zero-order chi connectivity index (χ0) is 20.1. The first kappa shape index (κ1) is 18.3. The Bertz CT molecular complexity index is 1230. The van der Waals surface area contributed by atoms with Gasteiger partial charge >= 0.3 is 0 Å². The number of benzene rings is 2. The normalized spacial score (nSPS) is 13.8. The maximum Gasteiger partial charge on any atom is 0.262 e. The Balaban J connectivity index is 1.52. The third-order valence-electron chi connectivity index (χ3n) is 4.21. The number of fused-ring (bicyclic) bond motifs is 2. The molecule has 8 nitrogen and oxygen atoms in total. The number of rotatable bonds is 4. The van der Waals surface area contributed by atoms with Crippen molar-refractivity contribution in [3.8, 4) is 0 Å². The number of nitrogens with one attached hydrogen (secondary N) is 1. The fourth-order valence-electron chi connectivity index (χ4n) is 2.87. The molecule has 3 amide bonds. The van der Waals surface area contributed by atoms with Crippen molar-refractivity contribution < 1.29 is 22.8 Å². The number of nitrogens with zero attached hydrogens (tertiary/aromatic N) is 2. The summed E-state index contributed by atoms with van der Waals surface area (Å²) < 4.78 is 23.9. The van der Waals surface area contributed by atoms with Gasteiger partial charge < -0.3 is 5.32 Å². The molecule has 0 spiro atoms. The monoisotopic (exact) mass is 415 g/mol. The highest BCUT2D eigenvalue weighted by Crippen LogP contribution is 2.28. The topological polar surface area (TPSA) is 114 Å². The molecule has 1 N–H and O–H groups in total. The van der Waals surface area contributed by atoms with Crippen LogP contribution in [0, 0.1) is 0 Å². The van der Waals surface area contributed by atoms with E-state index in [4.69, 9.17) is 0 Å². The van der Waals surface area contributed by atoms with Crippen LogP contribution in [0.1, 0.15) is 20.7 Å². The standard InChI is InChI=1S/C18H13N3O5S2/c1-28(25,26)10-6-7-13-14(8-10)27-18(19-13)20-15(22)9-21-16(23)11-4-2-3-5-12(11)17(21)24/h2-8H,9H2,1H3,(H,19,20,22). The van der Waals surface area contributed by atoms with E-state index < -0.39 is 34.1 Å². The predicted molar refractivity (Wildman–Crippen MR) is 103 cm³/mol. The molecule has 0 saturated carbocycles. The third-order valence-corrected chi connectivity index (χ3v) is 6.26. The summed E-state index contributed by atoms with van der Waals surface area (Å²) in [5, 5.41) is 2.81. The fourth-order valence-corrected chi connectivity index (χ4v) is 4.52. The minimum Gasteiger partial charge on any atom is -0.300 e. The van der Waals surface area contributed by atoms with E-state index in [-0.39, 0.29) is 21.2 Å². The molecule has 0 aliphatic carbocycles. The molecule has 1 aliphatic rings. The molecular weight excluding hydrogens is 402 g/mol. The zero-order valence-electron chi connectivity index (χ0n) is 14.5. The second-order valence-electron chi connectivity index (χ2n) is 6.21. The van der Waals surface area contributed by atoms with E-state index >= 15 is 0 Å². The van der Waals surface area contributed by atoms with E-state index in [0.29, 0.717) is 10.2 Å². The van der Waals surface area contributed by atoms with Gasteiger partial charge in [0.25, 0.3) is 11.8 Å². The van der Waals surface area contributed by atoms with Gasteiger partial charge in [-0.1, -0.05) is 23.5 Å². The van der Waals surface area contributed by atoms with Crippen LogP contribution >= 0.6 is 11.3 Å². The number of hydrogen-bond donors (Lipinski definition) is 1. The van der Waals surface area contributed by atoms with Gasteiger partial charge in [-0.05, 0) is 30.3 Å². The largest absolute Gasteiger partial charge is 0.300 e. The second-order valence-corrected chi connectivity index (χ2v) is 9.26. The molecule has 0 radical (unpaired) electrons. The van der Waals surface area contributed by atoms with E-state index in [1.807, 2.05) is 0 Å². The smallest absolute Gasteiger partial charge is 0.262 e. The first-order valence-corrected chi connectivity index (χ1v) is 10.8. The van der Waals surface area contributed by atoms with Gasteiger partial charge in [0.1, 0.15) is 6.54 Å². The fraction of sp³-hybridized carbons (Fsp3) is 0.111. The lowest BCUT2D eigenvalue weighted by Gasteiger charge is -2.12. The SMILES string of the molecule is CS(=O)(=O)c1ccc2nc(NC(=O)CN3C(=O)c4ccccc4C3=O)sc2c1. The van der Waals surface area contributed by atoms with E-state index in [2.05, 4.69) is 10.3 Å². The summed E-state index contributed by atoms with van der Waals surface area (Å²) in [4.78, 5) is 42.2. The molecule has 0 unspecified atom stereocenters. The molecule has 1 aromatic heterocycles. The molecule has 2 aromatic carbocycles. The highest BCUT2D eigenvalue weighted by atomic mass is 32.2. The number of aromatic nitrogens is 1. The summed E-state index contributed by atoms with van der Waals surface area (Å²) in [5.74, 6) is -1.60. The quantitative estimate of drug-likeness (QED) is 0.652. The Hall–Kier alpha value is -3.11. The van der Waals surface area contributed by atoms with Gasteiger partial charge in [-0.15, -0.1) is 0 Å². The Morgan fingerprint density at radius 3 is 2.36 bits per heavy atom. The van der Waals surface area contributed by atoms with Crippen LogP contribution in [0.25, 0.3) is 10.2 Å². The second kappa shape index (κ2) is 6.50. The summed E-state index contributed by atoms with van der Waals surface area (Å²) >= 11 is 1.11. The number of imide groups is 1. The third kappa shape index (κ3) is 3.16. The van der Waals surface area contributed by atoms with Gasteiger partial charge in [-0.25, -0.2) is 13.4 Å². The summed E-state index contributed by atoms with van der Waals surface area (Å²) in [6, 6.07) is 10.9. The van der Waals surface area contributed by atoms with Crippen LogP contribution in [0.5, 0.6) is 0 Å². The Kier molecular flexibility index (Phi) is 4.24. The number of carbonyl (C=O) groups excluding carboxylic acids is 3. The van der Waals surface area contributed by atoms with Crippen molar-refractivity contribution in [2.75, 3.05) is 18.1 Å². The molecule has 28 heavy (non-hydrogen) atoms. The first-order chi connectivity index (χ1) is 13.2. The Morgan fingerprint density at radius 1 is 1.11 bits per heavy atom. The highest BCUT2D eigenvalue weighted by molar-refractivity contribution is 7.90. The van der Waals surface area contributed by atoms with Crippen molar-refractivity contribution >= 4 is 54.2 Å². The van der Waals surface area contributed by atoms with E-state index in [9.17, 15) is 22.8 Å². The Morgan fingerprint density at radius 2 is 1.75 bits per heavy atom. The molecule has 142 valence electrons. The molecule has 0 saturated heterocycles. The zero-order valence-corrected chi connectivity index (χ0v) is 16.1. The summed E-state index contributed by atoms with van der Waals surface area (Å²) in [6.45, 7) is -0.434. The van der Waals surface area contributed by atoms with E-state index in [1.54, 1.807) is 30.3 Å². The van der Waals surface area contributed by atoms with Crippen molar-refractivity contribution in [2.24, 2.45) is 0 Å². The van der Waals surface area contributed by atoms with Crippen LogP contribution in [0.15, 0.2) is 47.4 Å². The maximum absolute atomic E-state index is 12.3. The number of anilines is 1. The van der Waals surface area contributed by atoms with Crippen LogP contribution in [0.3, 0.4) is 0 Å². The average molecular weight is 415 g/mol. The van der Waals surface area contributed by atoms with Crippen LogP contribution in [-0.2, 0) is 14.6 Å². The first-order valence-electron chi connectivity index (χ1n) is 8.10. The van der Waals surface area contributed by atoms with Crippen molar-refractivity contribution in [2.45, 2.75) is 4.90 Å². The lowest BCUT2D eigenvalue weighted by atomic mass is 10.1. The predicted octanol–water partition coefficient (Wildman–Crippen LogP) is 1.93. The lowest BCUT2D eigenvalue weighted by molar-refractivity contribution is -0.116. The number of hydrogen-bond acceptors (Lipinski definition) is 7. The van der Waals surface area contributed by atoms with Gasteiger partial charge in [-0.2, -0.15) is 0 Å². The molecule has 0 bridgehead atoms. The molecular formula is C18H13N3O5S2. The highest BCUT2D eigenvalue weighted by Gasteiger charge is 2.36. The van der Waals surface area contributed by atoms with Crippen LogP contribution in [0.4, 0.5) is 5.13 Å². The van der Waals surface area contributed by atoms with Gasteiger partial charge in [0.2, 0.25) is 5.91 Å². The van der Waals surface area contributed by atoms with Crippen molar-refractivity contribution in [3.05, 3.63) is 53.6 Å². The molecule has 0 fully saturated rings. The van der Waals surface area contributed by atoms with E-state index in [1.165, 1.54) is 12.1 Å². The van der Waals surface area contributed by atoms with Crippen molar-refractivity contribution in [1.82, 2.24) is 9.88 Å². The number of thiazole rings is 1. The average Bonchev–Trinajstić information content (AvgIpc) is 3.14. The summed E-state index contributed by atoms with van der Waals surface area (Å²) in [7, 11) is -3.35. The molecule has 10 heteroatoms. The number of carbonyl (C=O) groups is 3. The van der Waals surface area contributed by atoms with E-state index in [0.717, 1.165) is 22.5 Å². The number of sulfone groups is 1. The lowest BCUT2D eigenvalue weighted by Crippen LogP contribution is -2.37. The van der Waals surface area contributed by atoms with Crippen LogP contribution < -0.4 is 5.32 Å². The van der Waals surface area contributed by atoms with Gasteiger partial charge in [0.15, 0.2) is 15.0 Å². The Labute approximate surface area is 163 Å². The van der Waals surface area contributed by atoms with Gasteiger partial charge in [-0.3, -0.25) is 19.3 Å². The number of amides is 3. The van der Waals surface area contributed by atoms with Crippen LogP contribution in [-0.4, -0.2) is 48.8 Å².